The van der Waals surface area contributed by atoms with E-state index in [2.05, 4.69) is 10.2 Å². The van der Waals surface area contributed by atoms with E-state index in [1.165, 1.54) is 38.7 Å². The van der Waals surface area contributed by atoms with Crippen LogP contribution >= 0.6 is 23.2 Å². The number of nitrogens with zero attached hydrogens (tertiary/aromatic N) is 2. The average Bonchev–Trinajstić information content (AvgIpc) is 3.13. The molecule has 0 saturated carbocycles. The smallest absolute Gasteiger partial charge is 0.335 e. The van der Waals surface area contributed by atoms with E-state index in [4.69, 9.17) is 37.4 Å². The van der Waals surface area contributed by atoms with Crippen molar-refractivity contribution in [1.29, 1.82) is 0 Å². The largest absolute Gasteiger partial charge is 0.619 e. The maximum absolute atomic E-state index is 15.2. The number of carboxylic acid groups (broad SMARTS) is 1. The summed E-state index contributed by atoms with van der Waals surface area (Å²) in [5, 5.41) is 26.1. The number of aromatic carboxylic acids is 1. The summed E-state index contributed by atoms with van der Waals surface area (Å²) in [7, 11) is 3.02. The number of fused-ring (bicyclic) bond motifs is 3. The van der Waals surface area contributed by atoms with Gasteiger partial charge in [-0.25, -0.2) is 14.0 Å². The maximum Gasteiger partial charge on any atom is 0.335 e. The summed E-state index contributed by atoms with van der Waals surface area (Å²) in [4.78, 5) is 28.9. The molecule has 4 aromatic rings. The molecule has 3 aromatic carbocycles. The lowest BCUT2D eigenvalue weighted by Gasteiger charge is -2.44. The van der Waals surface area contributed by atoms with Crippen LogP contribution in [0, 0.1) is 16.9 Å². The van der Waals surface area contributed by atoms with Gasteiger partial charge in [0.25, 0.3) is 0 Å². The number of esters is 1. The Morgan fingerprint density at radius 2 is 1.73 bits per heavy atom. The van der Waals surface area contributed by atoms with E-state index in [9.17, 15) is 19.9 Å². The molecule has 4 heterocycles. The molecule has 274 valence electrons. The first-order valence-electron chi connectivity index (χ1n) is 17.1. The molecule has 52 heavy (non-hydrogen) atoms. The molecular weight excluding hydrogens is 712 g/mol. The molecule has 0 radical (unpaired) electrons. The van der Waals surface area contributed by atoms with Gasteiger partial charge >= 0.3 is 11.9 Å². The van der Waals surface area contributed by atoms with E-state index in [1.807, 2.05) is 12.1 Å². The zero-order valence-corrected chi connectivity index (χ0v) is 30.3. The van der Waals surface area contributed by atoms with Gasteiger partial charge in [-0.1, -0.05) is 59.6 Å². The van der Waals surface area contributed by atoms with Gasteiger partial charge in [0, 0.05) is 30.1 Å². The molecule has 2 bridgehead atoms. The van der Waals surface area contributed by atoms with Crippen LogP contribution in [0.4, 0.5) is 4.39 Å². The molecule has 0 spiro atoms. The summed E-state index contributed by atoms with van der Waals surface area (Å²) in [6.45, 7) is 2.80. The van der Waals surface area contributed by atoms with Gasteiger partial charge < -0.3 is 29.8 Å². The predicted octanol–water partition coefficient (Wildman–Crippen LogP) is 6.37. The fourth-order valence-corrected chi connectivity index (χ4v) is 8.06. The Morgan fingerprint density at radius 1 is 1.02 bits per heavy atom. The van der Waals surface area contributed by atoms with Crippen LogP contribution in [0.2, 0.25) is 10.0 Å². The van der Waals surface area contributed by atoms with E-state index < -0.39 is 29.7 Å². The molecule has 1 unspecified atom stereocenters. The Labute approximate surface area is 311 Å². The second-order valence-corrected chi connectivity index (χ2v) is 13.9. The van der Waals surface area contributed by atoms with Crippen molar-refractivity contribution in [2.24, 2.45) is 5.92 Å². The van der Waals surface area contributed by atoms with Gasteiger partial charge in [-0.15, -0.1) is 0 Å². The van der Waals surface area contributed by atoms with Gasteiger partial charge in [0.15, 0.2) is 23.9 Å². The molecule has 7 rings (SSSR count). The first-order chi connectivity index (χ1) is 25.1. The Kier molecular flexibility index (Phi) is 11.8. The highest BCUT2D eigenvalue weighted by molar-refractivity contribution is 6.35. The number of carboxylic acids is 1. The highest BCUT2D eigenvalue weighted by Crippen LogP contribution is 2.40. The summed E-state index contributed by atoms with van der Waals surface area (Å²) >= 11 is 13.1. The fourth-order valence-electron chi connectivity index (χ4n) is 7.46. The number of pyridine rings is 1. The number of carbonyl (C=O) groups excluding carboxylic acids is 1. The van der Waals surface area contributed by atoms with Crippen molar-refractivity contribution >= 4 is 35.1 Å². The van der Waals surface area contributed by atoms with Crippen LogP contribution < -0.4 is 19.5 Å². The standard InChI is InChI=1S/C39H40Cl2FN3O7/c1-50-33-11-10-25(18-34(33)51-2)28(19-29-30(40)20-45(49)21-31(29)41)36-24(6-5-8-27(36)38(46)47)12-15-43-37(26-7-3-4-9-32(26)42)39(48)52-35-22-44-16-13-23(35)14-17-44/h3-11,18,20-21,23,28,35,37,43H,12-17,19,22H2,1-2H3,(H,46,47)/t28-,35-,37?/m0/s1. The van der Waals surface area contributed by atoms with Crippen molar-refractivity contribution in [2.45, 2.75) is 43.7 Å². The second-order valence-electron chi connectivity index (χ2n) is 13.1. The number of hydrogen-bond acceptors (Lipinski definition) is 8. The summed E-state index contributed by atoms with van der Waals surface area (Å²) in [5.74, 6) is -1.71. The lowest BCUT2D eigenvalue weighted by molar-refractivity contribution is -0.605. The third-order valence-electron chi connectivity index (χ3n) is 10.1. The molecular formula is C39H40Cl2FN3O7. The Balaban J connectivity index is 1.35. The number of halogens is 3. The molecule has 3 atom stereocenters. The SMILES string of the molecule is COc1ccc([C@H](Cc2c(Cl)c[n+]([O-])cc2Cl)c2c(CCNC(C(=O)O[C@H]3CN4CCC3CC4)c3ccccc3F)cccc2C(=O)O)cc1OC. The van der Waals surface area contributed by atoms with Crippen LogP contribution in [-0.4, -0.2) is 68.4 Å². The molecule has 2 N–H and O–H groups in total. The summed E-state index contributed by atoms with van der Waals surface area (Å²) in [6.07, 6.45) is 4.42. The number of aromatic nitrogens is 1. The van der Waals surface area contributed by atoms with E-state index >= 15 is 4.39 Å². The van der Waals surface area contributed by atoms with Gasteiger partial charge in [-0.2, -0.15) is 4.73 Å². The third-order valence-corrected chi connectivity index (χ3v) is 10.8. The zero-order valence-electron chi connectivity index (χ0n) is 28.8. The quantitative estimate of drug-likeness (QED) is 0.0860. The zero-order chi connectivity index (χ0) is 36.9. The molecule has 3 aliphatic rings. The van der Waals surface area contributed by atoms with Crippen molar-refractivity contribution in [3.8, 4) is 11.5 Å². The topological polar surface area (TPSA) is 124 Å². The average molecular weight is 753 g/mol. The summed E-state index contributed by atoms with van der Waals surface area (Å²) in [6, 6.07) is 15.3. The summed E-state index contributed by atoms with van der Waals surface area (Å²) < 4.78 is 32.8. The summed E-state index contributed by atoms with van der Waals surface area (Å²) in [5.41, 5.74) is 2.48. The second kappa shape index (κ2) is 16.5. The van der Waals surface area contributed by atoms with Crippen molar-refractivity contribution in [2.75, 3.05) is 40.4 Å². The lowest BCUT2D eigenvalue weighted by Crippen LogP contribution is -2.52. The van der Waals surface area contributed by atoms with Crippen molar-refractivity contribution in [3.63, 3.8) is 0 Å². The van der Waals surface area contributed by atoms with Gasteiger partial charge in [-0.05, 0) is 85.6 Å². The lowest BCUT2D eigenvalue weighted by atomic mass is 9.80. The Morgan fingerprint density at radius 3 is 2.37 bits per heavy atom. The van der Waals surface area contributed by atoms with Gasteiger partial charge in [0.05, 0.1) is 19.8 Å². The minimum absolute atomic E-state index is 0.0479. The number of nitrogens with one attached hydrogen (secondary N) is 1. The molecule has 0 aliphatic carbocycles. The third kappa shape index (κ3) is 8.13. The highest BCUT2D eigenvalue weighted by atomic mass is 35.5. The predicted molar refractivity (Wildman–Crippen MR) is 194 cm³/mol. The first-order valence-corrected chi connectivity index (χ1v) is 17.9. The van der Waals surface area contributed by atoms with E-state index in [0.717, 1.165) is 25.9 Å². The van der Waals surface area contributed by atoms with Crippen molar-refractivity contribution in [3.05, 3.63) is 128 Å². The number of ether oxygens (including phenoxy) is 3. The van der Waals surface area contributed by atoms with E-state index in [-0.39, 0.29) is 52.6 Å². The van der Waals surface area contributed by atoms with Crippen LogP contribution in [0.1, 0.15) is 63.0 Å². The van der Waals surface area contributed by atoms with Crippen molar-refractivity contribution in [1.82, 2.24) is 10.2 Å². The molecule has 3 fully saturated rings. The van der Waals surface area contributed by atoms with E-state index in [1.54, 1.807) is 36.4 Å². The van der Waals surface area contributed by atoms with Gasteiger partial charge in [0.1, 0.15) is 28.0 Å². The fraction of sp³-hybridized carbons (Fsp3) is 0.359. The number of carbonyl (C=O) groups is 2. The van der Waals surface area contributed by atoms with Gasteiger partial charge in [0.2, 0.25) is 0 Å². The normalized spacial score (nSPS) is 19.1. The number of hydrogen-bond donors (Lipinski definition) is 2. The molecule has 0 amide bonds. The number of rotatable bonds is 14. The molecule has 13 heteroatoms. The molecule has 1 aromatic heterocycles. The molecule has 10 nitrogen and oxygen atoms in total. The van der Waals surface area contributed by atoms with Crippen LogP contribution in [-0.2, 0) is 22.4 Å². The number of methoxy groups -OCH3 is 2. The van der Waals surface area contributed by atoms with Crippen LogP contribution in [0.15, 0.2) is 73.1 Å². The van der Waals surface area contributed by atoms with Crippen LogP contribution in [0.5, 0.6) is 11.5 Å². The molecule has 3 aliphatic heterocycles. The minimum Gasteiger partial charge on any atom is -0.619 e. The molecule has 3 saturated heterocycles. The van der Waals surface area contributed by atoms with Crippen LogP contribution in [0.25, 0.3) is 0 Å². The minimum atomic E-state index is -1.15. The number of piperidine rings is 3. The van der Waals surface area contributed by atoms with Crippen molar-refractivity contribution < 1.29 is 38.0 Å². The Bertz CT molecular complexity index is 1920. The monoisotopic (exact) mass is 751 g/mol. The number of benzene rings is 3. The first kappa shape index (κ1) is 37.3. The Hall–Kier alpha value is -4.42. The van der Waals surface area contributed by atoms with Gasteiger partial charge in [-0.3, -0.25) is 4.90 Å². The van der Waals surface area contributed by atoms with Crippen LogP contribution in [0.3, 0.4) is 0 Å². The highest BCUT2D eigenvalue weighted by Gasteiger charge is 2.38. The van der Waals surface area contributed by atoms with E-state index in [0.29, 0.717) is 45.0 Å². The maximum atomic E-state index is 15.2.